The molecular formula is C8H9BrO3S2. The minimum Gasteiger partial charge on any atom is -0.383 e. The first-order valence-electron chi connectivity index (χ1n) is 4.09. The van der Waals surface area contributed by atoms with Crippen LogP contribution in [-0.2, 0) is 15.4 Å². The lowest BCUT2D eigenvalue weighted by atomic mass is 10.0. The number of sulfone groups is 1. The lowest BCUT2D eigenvalue weighted by molar-refractivity contribution is 0.0685. The zero-order valence-electron chi connectivity index (χ0n) is 7.23. The lowest BCUT2D eigenvalue weighted by Gasteiger charge is -2.19. The first kappa shape index (κ1) is 10.6. The summed E-state index contributed by atoms with van der Waals surface area (Å²) in [5.74, 6) is -0.0764. The van der Waals surface area contributed by atoms with E-state index in [4.69, 9.17) is 0 Å². The van der Waals surface area contributed by atoms with Crippen molar-refractivity contribution in [2.45, 2.75) is 12.0 Å². The van der Waals surface area contributed by atoms with Crippen molar-refractivity contribution in [3.05, 3.63) is 20.8 Å². The predicted octanol–water partition coefficient (Wildman–Crippen LogP) is 1.52. The third-order valence-electron chi connectivity index (χ3n) is 2.33. The monoisotopic (exact) mass is 296 g/mol. The van der Waals surface area contributed by atoms with E-state index in [1.165, 1.54) is 11.3 Å². The van der Waals surface area contributed by atoms with Crippen LogP contribution in [0, 0.1) is 0 Å². The van der Waals surface area contributed by atoms with E-state index in [1.54, 1.807) is 0 Å². The second-order valence-corrected chi connectivity index (χ2v) is 7.43. The maximum Gasteiger partial charge on any atom is 0.153 e. The molecule has 1 atom stereocenters. The average Bonchev–Trinajstić information content (AvgIpc) is 2.57. The Hall–Kier alpha value is 0.0900. The van der Waals surface area contributed by atoms with Crippen molar-refractivity contribution in [1.82, 2.24) is 0 Å². The minimum atomic E-state index is -3.06. The summed E-state index contributed by atoms with van der Waals surface area (Å²) in [6.45, 7) is 0. The first-order valence-corrected chi connectivity index (χ1v) is 7.59. The van der Waals surface area contributed by atoms with Crippen molar-refractivity contribution in [2.75, 3.05) is 11.5 Å². The highest BCUT2D eigenvalue weighted by molar-refractivity contribution is 9.10. The van der Waals surface area contributed by atoms with Gasteiger partial charge in [0.2, 0.25) is 0 Å². The van der Waals surface area contributed by atoms with Gasteiger partial charge in [0.25, 0.3) is 0 Å². The molecule has 6 heteroatoms. The molecule has 78 valence electrons. The van der Waals surface area contributed by atoms with Crippen LogP contribution in [0.4, 0.5) is 0 Å². The van der Waals surface area contributed by atoms with Crippen LogP contribution in [0.3, 0.4) is 0 Å². The molecular weight excluding hydrogens is 288 g/mol. The fourth-order valence-electron chi connectivity index (χ4n) is 1.64. The van der Waals surface area contributed by atoms with Crippen molar-refractivity contribution in [1.29, 1.82) is 0 Å². The van der Waals surface area contributed by atoms with Crippen LogP contribution in [0.2, 0.25) is 0 Å². The third kappa shape index (κ3) is 1.76. The highest BCUT2D eigenvalue weighted by atomic mass is 79.9. The van der Waals surface area contributed by atoms with E-state index in [1.807, 2.05) is 11.4 Å². The second kappa shape index (κ2) is 3.30. The molecule has 1 saturated heterocycles. The molecule has 2 rings (SSSR count). The number of thiophene rings is 1. The van der Waals surface area contributed by atoms with Crippen molar-refractivity contribution in [3.63, 3.8) is 0 Å². The maximum absolute atomic E-state index is 11.3. The van der Waals surface area contributed by atoms with E-state index in [2.05, 4.69) is 15.9 Å². The molecule has 2 heterocycles. The quantitative estimate of drug-likeness (QED) is 0.855. The van der Waals surface area contributed by atoms with E-state index in [0.29, 0.717) is 6.42 Å². The lowest BCUT2D eigenvalue weighted by Crippen LogP contribution is -2.26. The minimum absolute atomic E-state index is 0.0772. The summed E-state index contributed by atoms with van der Waals surface area (Å²) < 4.78 is 23.4. The predicted molar refractivity (Wildman–Crippen MR) is 59.2 cm³/mol. The van der Waals surface area contributed by atoms with E-state index >= 15 is 0 Å². The van der Waals surface area contributed by atoms with Crippen LogP contribution in [0.15, 0.2) is 15.9 Å². The van der Waals surface area contributed by atoms with Crippen LogP contribution >= 0.6 is 27.3 Å². The Balaban J connectivity index is 2.41. The Bertz CT molecular complexity index is 451. The van der Waals surface area contributed by atoms with Gasteiger partial charge in [-0.15, -0.1) is 11.3 Å². The number of halogens is 1. The van der Waals surface area contributed by atoms with Crippen LogP contribution in [-0.4, -0.2) is 25.0 Å². The molecule has 0 radical (unpaired) electrons. The van der Waals surface area contributed by atoms with Gasteiger partial charge in [0.05, 0.1) is 16.4 Å². The van der Waals surface area contributed by atoms with Gasteiger partial charge in [-0.1, -0.05) is 0 Å². The smallest absolute Gasteiger partial charge is 0.153 e. The van der Waals surface area contributed by atoms with Gasteiger partial charge in [-0.3, -0.25) is 0 Å². The second-order valence-electron chi connectivity index (χ2n) is 3.47. The zero-order valence-corrected chi connectivity index (χ0v) is 10.5. The molecule has 0 amide bonds. The Morgan fingerprint density at radius 3 is 2.71 bits per heavy atom. The summed E-state index contributed by atoms with van der Waals surface area (Å²) in [5, 5.41) is 12.0. The van der Waals surface area contributed by atoms with E-state index < -0.39 is 15.4 Å². The molecule has 3 nitrogen and oxygen atoms in total. The molecule has 0 saturated carbocycles. The fraction of sp³-hybridized carbons (Fsp3) is 0.500. The van der Waals surface area contributed by atoms with Crippen molar-refractivity contribution >= 4 is 37.1 Å². The largest absolute Gasteiger partial charge is 0.383 e. The Morgan fingerprint density at radius 1 is 1.57 bits per heavy atom. The van der Waals surface area contributed by atoms with Crippen LogP contribution in [0.25, 0.3) is 0 Å². The summed E-state index contributed by atoms with van der Waals surface area (Å²) in [4.78, 5) is 0.721. The number of hydrogen-bond donors (Lipinski definition) is 1. The Kier molecular flexibility index (Phi) is 2.50. The summed E-state index contributed by atoms with van der Waals surface area (Å²) in [5.41, 5.74) is -1.17. The normalized spacial score (nSPS) is 30.7. The molecule has 1 aliphatic heterocycles. The summed E-state index contributed by atoms with van der Waals surface area (Å²) in [6, 6.07) is 1.82. The molecule has 0 bridgehead atoms. The fourth-order valence-corrected chi connectivity index (χ4v) is 5.41. The number of aliphatic hydroxyl groups is 1. The molecule has 0 spiro atoms. The van der Waals surface area contributed by atoms with E-state index in [-0.39, 0.29) is 11.5 Å². The maximum atomic E-state index is 11.3. The molecule has 1 unspecified atom stereocenters. The van der Waals surface area contributed by atoms with Gasteiger partial charge in [-0.05, 0) is 33.8 Å². The third-order valence-corrected chi connectivity index (χ3v) is 6.10. The summed E-state index contributed by atoms with van der Waals surface area (Å²) >= 11 is 4.69. The highest BCUT2D eigenvalue weighted by Gasteiger charge is 2.43. The average molecular weight is 297 g/mol. The van der Waals surface area contributed by atoms with Crippen LogP contribution in [0.5, 0.6) is 0 Å². The zero-order chi connectivity index (χ0) is 10.4. The van der Waals surface area contributed by atoms with Gasteiger partial charge in [-0.2, -0.15) is 0 Å². The highest BCUT2D eigenvalue weighted by Crippen LogP contribution is 2.40. The van der Waals surface area contributed by atoms with Gasteiger partial charge in [0.15, 0.2) is 9.84 Å². The number of rotatable bonds is 1. The van der Waals surface area contributed by atoms with Crippen LogP contribution < -0.4 is 0 Å². The van der Waals surface area contributed by atoms with Gasteiger partial charge in [0.1, 0.15) is 5.60 Å². The van der Waals surface area contributed by atoms with Crippen molar-refractivity contribution in [3.8, 4) is 0 Å². The molecule has 0 aromatic carbocycles. The standard InChI is InChI=1S/C8H9BrO3S2/c9-6-1-3-13-7(6)8(10)2-4-14(11,12)5-8/h1,3,10H,2,4-5H2. The first-order chi connectivity index (χ1) is 6.43. The van der Waals surface area contributed by atoms with Gasteiger partial charge < -0.3 is 5.11 Å². The Morgan fingerprint density at radius 2 is 2.29 bits per heavy atom. The molecule has 1 aliphatic rings. The molecule has 0 aliphatic carbocycles. The van der Waals surface area contributed by atoms with E-state index in [9.17, 15) is 13.5 Å². The summed E-state index contributed by atoms with van der Waals surface area (Å²) in [6.07, 6.45) is 0.300. The van der Waals surface area contributed by atoms with Crippen molar-refractivity contribution < 1.29 is 13.5 Å². The summed E-state index contributed by atoms with van der Waals surface area (Å²) in [7, 11) is -3.06. The number of hydrogen-bond acceptors (Lipinski definition) is 4. The molecule has 1 fully saturated rings. The molecule has 1 N–H and O–H groups in total. The van der Waals surface area contributed by atoms with E-state index in [0.717, 1.165) is 9.35 Å². The van der Waals surface area contributed by atoms with Gasteiger partial charge in [0, 0.05) is 4.47 Å². The molecule has 1 aromatic rings. The van der Waals surface area contributed by atoms with Crippen molar-refractivity contribution in [2.24, 2.45) is 0 Å². The SMILES string of the molecule is O=S1(=O)CCC(O)(c2sccc2Br)C1. The Labute approximate surface area is 94.8 Å². The topological polar surface area (TPSA) is 54.4 Å². The van der Waals surface area contributed by atoms with Crippen LogP contribution in [0.1, 0.15) is 11.3 Å². The van der Waals surface area contributed by atoms with Gasteiger partial charge in [-0.25, -0.2) is 8.42 Å². The molecule has 1 aromatic heterocycles. The molecule has 14 heavy (non-hydrogen) atoms. The van der Waals surface area contributed by atoms with Gasteiger partial charge >= 0.3 is 0 Å².